The molecule has 0 unspecified atom stereocenters. The molecule has 0 rings (SSSR count). The first-order chi connectivity index (χ1) is 8.45. The fourth-order valence-corrected chi connectivity index (χ4v) is 2.10. The zero-order valence-electron chi connectivity index (χ0n) is 14.1. The van der Waals surface area contributed by atoms with Crippen molar-refractivity contribution in [1.82, 2.24) is 4.90 Å². The molecule has 0 aromatic carbocycles. The van der Waals surface area contributed by atoms with Crippen molar-refractivity contribution in [3.8, 4) is 0 Å². The summed E-state index contributed by atoms with van der Waals surface area (Å²) in [5.74, 6) is 0. The Kier molecular flexibility index (Phi) is 15.3. The Labute approximate surface area is 132 Å². The average molecular weight is 337 g/mol. The standard InChI is InChI=1S/C16H37N2.BrH/c1-6-7-8-9-10-11-12-13-14-17(2)15-16-18(3,4)5;/h6-16H2,1-5H3;1H/q+1;/p-1. The molecular formula is C16H37BrN2. The summed E-state index contributed by atoms with van der Waals surface area (Å²) < 4.78 is 1.07. The van der Waals surface area contributed by atoms with Crippen LogP contribution in [0.4, 0.5) is 0 Å². The Morgan fingerprint density at radius 3 is 1.68 bits per heavy atom. The largest absolute Gasteiger partial charge is 1.00 e. The van der Waals surface area contributed by atoms with Crippen LogP contribution in [-0.2, 0) is 0 Å². The van der Waals surface area contributed by atoms with Gasteiger partial charge in [0.25, 0.3) is 0 Å². The van der Waals surface area contributed by atoms with Crippen molar-refractivity contribution in [3.05, 3.63) is 0 Å². The number of halogens is 1. The first-order valence-corrected chi connectivity index (χ1v) is 7.94. The van der Waals surface area contributed by atoms with Crippen molar-refractivity contribution in [2.75, 3.05) is 47.8 Å². The molecule has 0 spiro atoms. The normalized spacial score (nSPS) is 11.7. The van der Waals surface area contributed by atoms with Crippen LogP contribution in [0.5, 0.6) is 0 Å². The Morgan fingerprint density at radius 1 is 0.737 bits per heavy atom. The average Bonchev–Trinajstić information content (AvgIpc) is 2.29. The second kappa shape index (κ2) is 13.4. The Hall–Kier alpha value is 0.400. The van der Waals surface area contributed by atoms with E-state index in [0.717, 1.165) is 4.48 Å². The summed E-state index contributed by atoms with van der Waals surface area (Å²) in [4.78, 5) is 2.49. The van der Waals surface area contributed by atoms with Gasteiger partial charge in [0.1, 0.15) is 0 Å². The van der Waals surface area contributed by atoms with Gasteiger partial charge in [0, 0.05) is 6.54 Å². The molecule has 0 radical (unpaired) electrons. The van der Waals surface area contributed by atoms with Crippen LogP contribution in [0.3, 0.4) is 0 Å². The molecule has 0 aromatic heterocycles. The molecule has 0 heterocycles. The Bertz CT molecular complexity index is 178. The summed E-state index contributed by atoms with van der Waals surface area (Å²) in [7, 11) is 9.06. The first-order valence-electron chi connectivity index (χ1n) is 7.94. The number of hydrogen-bond donors (Lipinski definition) is 0. The lowest BCUT2D eigenvalue weighted by Gasteiger charge is -2.27. The monoisotopic (exact) mass is 336 g/mol. The van der Waals surface area contributed by atoms with Crippen LogP contribution in [0.25, 0.3) is 0 Å². The maximum Gasteiger partial charge on any atom is 0.0909 e. The summed E-state index contributed by atoms with van der Waals surface area (Å²) in [5, 5.41) is 0. The van der Waals surface area contributed by atoms with Crippen LogP contribution >= 0.6 is 0 Å². The lowest BCUT2D eigenvalue weighted by atomic mass is 10.1. The van der Waals surface area contributed by atoms with Gasteiger partial charge in [0.15, 0.2) is 0 Å². The number of hydrogen-bond acceptors (Lipinski definition) is 1. The van der Waals surface area contributed by atoms with Gasteiger partial charge in [-0.15, -0.1) is 0 Å². The molecule has 0 aliphatic rings. The number of likely N-dealkylation sites (N-methyl/N-ethyl adjacent to an activating group) is 2. The lowest BCUT2D eigenvalue weighted by Crippen LogP contribution is -3.00. The maximum absolute atomic E-state index is 2.49. The summed E-state index contributed by atoms with van der Waals surface area (Å²) in [6.07, 6.45) is 11.4. The van der Waals surface area contributed by atoms with Gasteiger partial charge in [-0.05, 0) is 20.0 Å². The van der Waals surface area contributed by atoms with Gasteiger partial charge in [-0.3, -0.25) is 0 Å². The number of rotatable bonds is 12. The molecule has 0 atom stereocenters. The van der Waals surface area contributed by atoms with E-state index in [1.54, 1.807) is 0 Å². The van der Waals surface area contributed by atoms with Crippen molar-refractivity contribution in [2.45, 2.75) is 58.3 Å². The van der Waals surface area contributed by atoms with Gasteiger partial charge in [-0.25, -0.2) is 0 Å². The minimum atomic E-state index is 0. The number of unbranched alkanes of at least 4 members (excludes halogenated alkanes) is 7. The molecule has 0 bridgehead atoms. The third kappa shape index (κ3) is 18.4. The summed E-state index contributed by atoms with van der Waals surface area (Å²) in [6, 6.07) is 0. The van der Waals surface area contributed by atoms with Crippen LogP contribution in [0, 0.1) is 0 Å². The molecule has 0 aliphatic heterocycles. The minimum Gasteiger partial charge on any atom is -1.00 e. The highest BCUT2D eigenvalue weighted by atomic mass is 79.9. The predicted molar refractivity (Wildman–Crippen MR) is 83.0 cm³/mol. The molecule has 3 heteroatoms. The van der Waals surface area contributed by atoms with Crippen LogP contribution in [0.15, 0.2) is 0 Å². The van der Waals surface area contributed by atoms with Crippen LogP contribution in [0.1, 0.15) is 58.3 Å². The van der Waals surface area contributed by atoms with Gasteiger partial charge in [-0.1, -0.05) is 51.9 Å². The van der Waals surface area contributed by atoms with Crippen molar-refractivity contribution >= 4 is 0 Å². The van der Waals surface area contributed by atoms with Crippen LogP contribution in [-0.4, -0.2) is 57.2 Å². The van der Waals surface area contributed by atoms with Crippen molar-refractivity contribution < 1.29 is 21.5 Å². The number of quaternary nitrogens is 1. The van der Waals surface area contributed by atoms with E-state index < -0.39 is 0 Å². The molecule has 0 N–H and O–H groups in total. The molecule has 0 amide bonds. The molecule has 0 saturated carbocycles. The van der Waals surface area contributed by atoms with E-state index in [1.165, 1.54) is 71.0 Å². The van der Waals surface area contributed by atoms with Crippen LogP contribution in [0.2, 0.25) is 0 Å². The summed E-state index contributed by atoms with van der Waals surface area (Å²) in [6.45, 7) is 6.02. The van der Waals surface area contributed by atoms with E-state index in [4.69, 9.17) is 0 Å². The zero-order chi connectivity index (χ0) is 13.9. The molecule has 0 aromatic rings. The van der Waals surface area contributed by atoms with Gasteiger partial charge < -0.3 is 26.4 Å². The third-order valence-corrected chi connectivity index (χ3v) is 3.55. The highest BCUT2D eigenvalue weighted by Gasteiger charge is 2.08. The molecule has 0 aliphatic carbocycles. The summed E-state index contributed by atoms with van der Waals surface area (Å²) in [5.41, 5.74) is 0. The van der Waals surface area contributed by atoms with Crippen LogP contribution < -0.4 is 17.0 Å². The second-order valence-corrected chi connectivity index (χ2v) is 6.79. The van der Waals surface area contributed by atoms with E-state index in [0.29, 0.717) is 0 Å². The van der Waals surface area contributed by atoms with Crippen molar-refractivity contribution in [2.24, 2.45) is 0 Å². The SMILES string of the molecule is CCCCCCCCCCN(C)CC[N+](C)(C)C.[Br-]. The molecule has 0 fully saturated rings. The molecule has 19 heavy (non-hydrogen) atoms. The van der Waals surface area contributed by atoms with E-state index in [2.05, 4.69) is 40.0 Å². The maximum atomic E-state index is 2.49. The molecule has 2 nitrogen and oxygen atoms in total. The zero-order valence-corrected chi connectivity index (χ0v) is 15.6. The van der Waals surface area contributed by atoms with Crippen molar-refractivity contribution in [1.29, 1.82) is 0 Å². The van der Waals surface area contributed by atoms with Crippen molar-refractivity contribution in [3.63, 3.8) is 0 Å². The van der Waals surface area contributed by atoms with E-state index >= 15 is 0 Å². The van der Waals surface area contributed by atoms with Gasteiger partial charge in [0.2, 0.25) is 0 Å². The third-order valence-electron chi connectivity index (χ3n) is 3.55. The fourth-order valence-electron chi connectivity index (χ4n) is 2.10. The Morgan fingerprint density at radius 2 is 1.21 bits per heavy atom. The minimum absolute atomic E-state index is 0. The fraction of sp³-hybridized carbons (Fsp3) is 1.00. The van der Waals surface area contributed by atoms with E-state index in [9.17, 15) is 0 Å². The van der Waals surface area contributed by atoms with Gasteiger partial charge in [-0.2, -0.15) is 0 Å². The Balaban J connectivity index is 0. The summed E-state index contributed by atoms with van der Waals surface area (Å²) >= 11 is 0. The molecule has 118 valence electrons. The predicted octanol–water partition coefficient (Wildman–Crippen LogP) is 0.769. The molecule has 0 saturated heterocycles. The number of nitrogens with zero attached hydrogens (tertiary/aromatic N) is 2. The quantitative estimate of drug-likeness (QED) is 0.376. The molecular weight excluding hydrogens is 300 g/mol. The second-order valence-electron chi connectivity index (χ2n) is 6.79. The lowest BCUT2D eigenvalue weighted by molar-refractivity contribution is -0.869. The highest BCUT2D eigenvalue weighted by molar-refractivity contribution is 4.52. The highest BCUT2D eigenvalue weighted by Crippen LogP contribution is 2.08. The smallest absolute Gasteiger partial charge is 0.0909 e. The topological polar surface area (TPSA) is 3.24 Å². The first kappa shape index (κ1) is 21.7. The van der Waals surface area contributed by atoms with Gasteiger partial charge in [0.05, 0.1) is 27.7 Å². The van der Waals surface area contributed by atoms with E-state index in [1.807, 2.05) is 0 Å². The van der Waals surface area contributed by atoms with E-state index in [-0.39, 0.29) is 17.0 Å². The van der Waals surface area contributed by atoms with Gasteiger partial charge >= 0.3 is 0 Å².